The molecule has 0 aliphatic carbocycles. The molecule has 0 atom stereocenters. The number of nitrogens with two attached hydrogens (primary N) is 1. The second-order valence-corrected chi connectivity index (χ2v) is 4.13. The normalized spacial score (nSPS) is 10.1. The van der Waals surface area contributed by atoms with Crippen LogP contribution >= 0.6 is 11.6 Å². The van der Waals surface area contributed by atoms with E-state index in [1.807, 2.05) is 0 Å². The standard InChI is InChI=1S/C11H10ClN5O3/c1-14-10(18)6-4-5(2-3-7(6)12)15-11(19)8-9(13)17-20-16-8/h2-4H,1H3,(H2,13,17)(H,14,18)(H,15,19). The molecule has 0 spiro atoms. The fourth-order valence-electron chi connectivity index (χ4n) is 1.45. The van der Waals surface area contributed by atoms with Crippen molar-refractivity contribution in [3.63, 3.8) is 0 Å². The van der Waals surface area contributed by atoms with Gasteiger partial charge in [0.05, 0.1) is 10.6 Å². The number of hydrogen-bond acceptors (Lipinski definition) is 6. The first-order valence-corrected chi connectivity index (χ1v) is 5.81. The van der Waals surface area contributed by atoms with Gasteiger partial charge in [0.15, 0.2) is 0 Å². The predicted octanol–water partition coefficient (Wildman–Crippen LogP) is 0.917. The van der Waals surface area contributed by atoms with E-state index in [-0.39, 0.29) is 28.0 Å². The molecule has 0 saturated carbocycles. The molecule has 2 amide bonds. The minimum absolute atomic E-state index is 0.122. The SMILES string of the molecule is CNC(=O)c1cc(NC(=O)c2nonc2N)ccc1Cl. The number of nitrogens with one attached hydrogen (secondary N) is 2. The van der Waals surface area contributed by atoms with E-state index in [0.717, 1.165) is 0 Å². The third kappa shape index (κ3) is 2.69. The van der Waals surface area contributed by atoms with Crippen LogP contribution in [0.5, 0.6) is 0 Å². The van der Waals surface area contributed by atoms with Gasteiger partial charge >= 0.3 is 0 Å². The van der Waals surface area contributed by atoms with Crippen molar-refractivity contribution in [3.8, 4) is 0 Å². The number of carbonyl (C=O) groups excluding carboxylic acids is 2. The Kier molecular flexibility index (Phi) is 3.85. The lowest BCUT2D eigenvalue weighted by atomic mass is 10.2. The Morgan fingerprint density at radius 3 is 2.65 bits per heavy atom. The molecule has 104 valence electrons. The second-order valence-electron chi connectivity index (χ2n) is 3.73. The van der Waals surface area contributed by atoms with Crippen molar-refractivity contribution in [2.45, 2.75) is 0 Å². The van der Waals surface area contributed by atoms with Gasteiger partial charge in [-0.3, -0.25) is 9.59 Å². The first kappa shape index (κ1) is 13.8. The molecule has 0 aliphatic rings. The number of rotatable bonds is 3. The largest absolute Gasteiger partial charge is 0.379 e. The number of benzene rings is 1. The number of carbonyl (C=O) groups is 2. The van der Waals surface area contributed by atoms with Crippen LogP contribution in [-0.4, -0.2) is 29.2 Å². The summed E-state index contributed by atoms with van der Waals surface area (Å²) in [6.07, 6.45) is 0. The number of anilines is 2. The lowest BCUT2D eigenvalue weighted by Crippen LogP contribution is -2.19. The molecular weight excluding hydrogens is 286 g/mol. The average molecular weight is 296 g/mol. The Balaban J connectivity index is 2.24. The summed E-state index contributed by atoms with van der Waals surface area (Å²) in [6, 6.07) is 4.46. The Morgan fingerprint density at radius 2 is 2.05 bits per heavy atom. The van der Waals surface area contributed by atoms with E-state index >= 15 is 0 Å². The summed E-state index contributed by atoms with van der Waals surface area (Å²) < 4.78 is 4.33. The zero-order valence-corrected chi connectivity index (χ0v) is 11.1. The summed E-state index contributed by atoms with van der Waals surface area (Å²) in [4.78, 5) is 23.4. The minimum atomic E-state index is -0.603. The molecule has 0 radical (unpaired) electrons. The van der Waals surface area contributed by atoms with Crippen molar-refractivity contribution in [2.75, 3.05) is 18.1 Å². The molecule has 0 fully saturated rings. The van der Waals surface area contributed by atoms with Gasteiger partial charge in [0, 0.05) is 12.7 Å². The van der Waals surface area contributed by atoms with Crippen molar-refractivity contribution in [3.05, 3.63) is 34.5 Å². The Morgan fingerprint density at radius 1 is 1.30 bits per heavy atom. The van der Waals surface area contributed by atoms with E-state index in [0.29, 0.717) is 5.69 Å². The quantitative estimate of drug-likeness (QED) is 0.773. The van der Waals surface area contributed by atoms with Crippen LogP contribution in [0.15, 0.2) is 22.8 Å². The lowest BCUT2D eigenvalue weighted by Gasteiger charge is -2.07. The zero-order valence-electron chi connectivity index (χ0n) is 10.3. The zero-order chi connectivity index (χ0) is 14.7. The summed E-state index contributed by atoms with van der Waals surface area (Å²) in [5.41, 5.74) is 5.86. The van der Waals surface area contributed by atoms with Gasteiger partial charge in [-0.15, -0.1) is 0 Å². The number of hydrogen-bond donors (Lipinski definition) is 3. The topological polar surface area (TPSA) is 123 Å². The van der Waals surface area contributed by atoms with Gasteiger partial charge in [0.1, 0.15) is 0 Å². The van der Waals surface area contributed by atoms with Crippen molar-refractivity contribution in [2.24, 2.45) is 0 Å². The van der Waals surface area contributed by atoms with Crippen LogP contribution < -0.4 is 16.4 Å². The maximum absolute atomic E-state index is 11.8. The molecule has 9 heteroatoms. The van der Waals surface area contributed by atoms with Gasteiger partial charge in [0.2, 0.25) is 11.5 Å². The van der Waals surface area contributed by atoms with Gasteiger partial charge < -0.3 is 16.4 Å². The van der Waals surface area contributed by atoms with Crippen LogP contribution in [0.25, 0.3) is 0 Å². The maximum atomic E-state index is 11.8. The Bertz CT molecular complexity index is 670. The number of amides is 2. The van der Waals surface area contributed by atoms with E-state index in [9.17, 15) is 9.59 Å². The van der Waals surface area contributed by atoms with Crippen molar-refractivity contribution < 1.29 is 14.2 Å². The van der Waals surface area contributed by atoms with Crippen LogP contribution in [0.4, 0.5) is 11.5 Å². The summed E-state index contributed by atoms with van der Waals surface area (Å²) in [6.45, 7) is 0. The number of nitrogens with zero attached hydrogens (tertiary/aromatic N) is 2. The molecule has 20 heavy (non-hydrogen) atoms. The number of aromatic nitrogens is 2. The van der Waals surface area contributed by atoms with E-state index in [1.165, 1.54) is 25.2 Å². The first-order valence-electron chi connectivity index (χ1n) is 5.44. The molecule has 4 N–H and O–H groups in total. The lowest BCUT2D eigenvalue weighted by molar-refractivity contribution is 0.0961. The summed E-state index contributed by atoms with van der Waals surface area (Å²) in [5, 5.41) is 11.9. The molecule has 1 heterocycles. The second kappa shape index (κ2) is 5.57. The molecular formula is C11H10ClN5O3. The van der Waals surface area contributed by atoms with E-state index in [2.05, 4.69) is 25.6 Å². The Hall–Kier alpha value is -2.61. The van der Waals surface area contributed by atoms with Crippen molar-refractivity contribution in [1.82, 2.24) is 15.6 Å². The molecule has 1 aromatic heterocycles. The highest BCUT2D eigenvalue weighted by atomic mass is 35.5. The van der Waals surface area contributed by atoms with Crippen LogP contribution in [0.3, 0.4) is 0 Å². The fourth-order valence-corrected chi connectivity index (χ4v) is 1.66. The van der Waals surface area contributed by atoms with Crippen molar-refractivity contribution >= 4 is 34.9 Å². The summed E-state index contributed by atoms with van der Waals surface area (Å²) in [7, 11) is 1.48. The summed E-state index contributed by atoms with van der Waals surface area (Å²) in [5.74, 6) is -1.09. The van der Waals surface area contributed by atoms with E-state index in [4.69, 9.17) is 17.3 Å². The average Bonchev–Trinajstić information content (AvgIpc) is 2.86. The molecule has 0 bridgehead atoms. The molecule has 8 nitrogen and oxygen atoms in total. The van der Waals surface area contributed by atoms with E-state index in [1.54, 1.807) is 0 Å². The van der Waals surface area contributed by atoms with Crippen LogP contribution in [-0.2, 0) is 0 Å². The highest BCUT2D eigenvalue weighted by molar-refractivity contribution is 6.34. The molecule has 2 rings (SSSR count). The maximum Gasteiger partial charge on any atom is 0.281 e. The third-order valence-corrected chi connectivity index (χ3v) is 2.75. The van der Waals surface area contributed by atoms with Gasteiger partial charge in [-0.05, 0) is 28.5 Å². The highest BCUT2D eigenvalue weighted by Crippen LogP contribution is 2.21. The van der Waals surface area contributed by atoms with Crippen molar-refractivity contribution in [1.29, 1.82) is 0 Å². The van der Waals surface area contributed by atoms with Gasteiger partial charge in [0.25, 0.3) is 11.8 Å². The smallest absolute Gasteiger partial charge is 0.281 e. The first-order chi connectivity index (χ1) is 9.52. The highest BCUT2D eigenvalue weighted by Gasteiger charge is 2.17. The molecule has 0 aliphatic heterocycles. The number of nitrogen functional groups attached to an aromatic ring is 1. The van der Waals surface area contributed by atoms with Crippen LogP contribution in [0.2, 0.25) is 5.02 Å². The third-order valence-electron chi connectivity index (χ3n) is 2.42. The molecule has 2 aromatic rings. The molecule has 1 aromatic carbocycles. The number of halogens is 1. The van der Waals surface area contributed by atoms with Gasteiger partial charge in [-0.2, -0.15) is 0 Å². The Labute approximate surface area is 118 Å². The minimum Gasteiger partial charge on any atom is -0.379 e. The van der Waals surface area contributed by atoms with Crippen LogP contribution in [0, 0.1) is 0 Å². The van der Waals surface area contributed by atoms with Gasteiger partial charge in [-0.25, -0.2) is 4.63 Å². The monoisotopic (exact) mass is 295 g/mol. The van der Waals surface area contributed by atoms with E-state index < -0.39 is 5.91 Å². The predicted molar refractivity (Wildman–Crippen MR) is 71.5 cm³/mol. The molecule has 0 unspecified atom stereocenters. The van der Waals surface area contributed by atoms with Crippen LogP contribution in [0.1, 0.15) is 20.8 Å². The fraction of sp³-hybridized carbons (Fsp3) is 0.0909. The van der Waals surface area contributed by atoms with Gasteiger partial charge in [-0.1, -0.05) is 11.6 Å². The molecule has 0 saturated heterocycles. The summed E-state index contributed by atoms with van der Waals surface area (Å²) >= 11 is 5.90.